The summed E-state index contributed by atoms with van der Waals surface area (Å²) in [6.07, 6.45) is 5.41. The summed E-state index contributed by atoms with van der Waals surface area (Å²) in [6.45, 7) is 1.57. The third kappa shape index (κ3) is 4.48. The van der Waals surface area contributed by atoms with Crippen molar-refractivity contribution in [2.75, 3.05) is 31.6 Å². The van der Waals surface area contributed by atoms with Gasteiger partial charge in [-0.25, -0.2) is 19.3 Å². The predicted molar refractivity (Wildman–Crippen MR) is 108 cm³/mol. The molecule has 29 heavy (non-hydrogen) atoms. The average molecular weight is 421 g/mol. The Kier molecular flexibility index (Phi) is 5.91. The molecule has 0 aliphatic carbocycles. The highest BCUT2D eigenvalue weighted by atomic mass is 35.5. The van der Waals surface area contributed by atoms with Crippen LogP contribution in [0.4, 0.5) is 10.2 Å². The number of β-amino-alcohol motifs (C(OH)–C–C–N with tert-alkyl or cyclic N) is 1. The van der Waals surface area contributed by atoms with Crippen LogP contribution < -0.4 is 5.32 Å². The molecule has 10 heteroatoms. The number of nitrogens with one attached hydrogen (secondary N) is 2. The number of fused-ring (bicyclic) bond motifs is 1. The predicted octanol–water partition coefficient (Wildman–Crippen LogP) is 2.04. The lowest BCUT2D eigenvalue weighted by molar-refractivity contribution is 0.0517. The summed E-state index contributed by atoms with van der Waals surface area (Å²) in [7, 11) is 0. The molecule has 1 aliphatic heterocycles. The van der Waals surface area contributed by atoms with Crippen molar-refractivity contribution in [3.63, 3.8) is 0 Å². The lowest BCUT2D eigenvalue weighted by Crippen LogP contribution is -2.45. The van der Waals surface area contributed by atoms with Gasteiger partial charge in [0, 0.05) is 42.5 Å². The zero-order chi connectivity index (χ0) is 20.4. The number of rotatable bonds is 6. The Bertz CT molecular complexity index is 1000. The van der Waals surface area contributed by atoms with Crippen LogP contribution in [-0.4, -0.2) is 73.4 Å². The zero-order valence-corrected chi connectivity index (χ0v) is 16.4. The summed E-state index contributed by atoms with van der Waals surface area (Å²) in [5.41, 5.74) is 1.34. The van der Waals surface area contributed by atoms with Crippen LogP contribution in [0.25, 0.3) is 22.4 Å². The maximum atomic E-state index is 14.4. The van der Waals surface area contributed by atoms with Gasteiger partial charge in [-0.2, -0.15) is 0 Å². The Morgan fingerprint density at radius 1 is 1.38 bits per heavy atom. The van der Waals surface area contributed by atoms with E-state index in [1.165, 1.54) is 0 Å². The number of aromatic nitrogens is 4. The summed E-state index contributed by atoms with van der Waals surface area (Å²) in [5.74, 6) is -0.0289. The number of halogens is 2. The monoisotopic (exact) mass is 420 g/mol. The molecule has 0 amide bonds. The lowest BCUT2D eigenvalue weighted by Gasteiger charge is -2.34. The molecule has 3 aromatic rings. The number of aromatic amines is 1. The summed E-state index contributed by atoms with van der Waals surface area (Å²) in [5, 5.41) is 23.1. The Labute approximate surface area is 171 Å². The number of nitrogens with zero attached hydrogens (tertiary/aromatic N) is 4. The molecule has 8 nitrogen and oxygen atoms in total. The minimum absolute atomic E-state index is 0.0222. The fourth-order valence-corrected chi connectivity index (χ4v) is 3.81. The van der Waals surface area contributed by atoms with Crippen LogP contribution in [0.1, 0.15) is 12.8 Å². The lowest BCUT2D eigenvalue weighted by atomic mass is 10.1. The molecule has 3 aromatic heterocycles. The molecule has 1 aliphatic rings. The molecule has 0 spiro atoms. The van der Waals surface area contributed by atoms with Crippen molar-refractivity contribution in [2.45, 2.75) is 25.0 Å². The minimum Gasteiger partial charge on any atom is -0.394 e. The van der Waals surface area contributed by atoms with Crippen molar-refractivity contribution in [1.82, 2.24) is 24.8 Å². The molecular formula is C19H22ClFN6O2. The second-order valence-corrected chi connectivity index (χ2v) is 7.66. The van der Waals surface area contributed by atoms with Crippen LogP contribution in [0.2, 0.25) is 5.02 Å². The van der Waals surface area contributed by atoms with Gasteiger partial charge in [-0.05, 0) is 25.5 Å². The Morgan fingerprint density at radius 2 is 2.24 bits per heavy atom. The van der Waals surface area contributed by atoms with Gasteiger partial charge in [0.05, 0.1) is 23.9 Å². The number of pyridine rings is 1. The van der Waals surface area contributed by atoms with Crippen molar-refractivity contribution in [3.05, 3.63) is 35.5 Å². The van der Waals surface area contributed by atoms with Crippen molar-refractivity contribution in [3.8, 4) is 11.4 Å². The molecule has 0 radical (unpaired) electrons. The minimum atomic E-state index is -0.779. The van der Waals surface area contributed by atoms with Crippen LogP contribution in [0.15, 0.2) is 24.7 Å². The van der Waals surface area contributed by atoms with Gasteiger partial charge in [-0.3, -0.25) is 4.90 Å². The van der Waals surface area contributed by atoms with E-state index in [2.05, 4.69) is 30.2 Å². The van der Waals surface area contributed by atoms with Crippen molar-refractivity contribution < 1.29 is 14.6 Å². The average Bonchev–Trinajstić information content (AvgIpc) is 3.13. The number of aliphatic hydroxyl groups is 2. The van der Waals surface area contributed by atoms with Gasteiger partial charge in [0.15, 0.2) is 17.5 Å². The zero-order valence-electron chi connectivity index (χ0n) is 15.6. The molecule has 0 saturated carbocycles. The van der Waals surface area contributed by atoms with Gasteiger partial charge in [0.1, 0.15) is 5.65 Å². The fourth-order valence-electron chi connectivity index (χ4n) is 3.65. The van der Waals surface area contributed by atoms with Gasteiger partial charge in [0.25, 0.3) is 0 Å². The number of hydrogen-bond acceptors (Lipinski definition) is 7. The highest BCUT2D eigenvalue weighted by Crippen LogP contribution is 2.28. The molecule has 1 saturated heterocycles. The molecular weight excluding hydrogens is 399 g/mol. The molecule has 2 unspecified atom stereocenters. The van der Waals surface area contributed by atoms with Gasteiger partial charge in [-0.1, -0.05) is 11.6 Å². The van der Waals surface area contributed by atoms with Gasteiger partial charge >= 0.3 is 0 Å². The van der Waals surface area contributed by atoms with Crippen molar-refractivity contribution >= 4 is 28.5 Å². The number of piperidine rings is 1. The van der Waals surface area contributed by atoms with E-state index in [0.29, 0.717) is 35.1 Å². The molecule has 1 fully saturated rings. The molecule has 4 rings (SSSR count). The first kappa shape index (κ1) is 20.0. The molecule has 0 bridgehead atoms. The maximum Gasteiger partial charge on any atom is 0.183 e. The first-order chi connectivity index (χ1) is 14.0. The van der Waals surface area contributed by atoms with Gasteiger partial charge < -0.3 is 20.5 Å². The van der Waals surface area contributed by atoms with Crippen LogP contribution in [-0.2, 0) is 0 Å². The van der Waals surface area contributed by atoms with E-state index >= 15 is 0 Å². The number of anilines is 1. The largest absolute Gasteiger partial charge is 0.394 e. The maximum absolute atomic E-state index is 14.4. The third-order valence-corrected chi connectivity index (χ3v) is 5.22. The Hall–Kier alpha value is -2.33. The molecule has 4 heterocycles. The number of H-pyrrole nitrogens is 1. The van der Waals surface area contributed by atoms with E-state index in [-0.39, 0.29) is 18.5 Å². The molecule has 4 N–H and O–H groups in total. The van der Waals surface area contributed by atoms with Gasteiger partial charge in [-0.15, -0.1) is 0 Å². The SMILES string of the molecule is OCC(O)CN1CCCC(Nc2nc(-c3c[nH]c4ncc(Cl)cc34)ncc2F)C1. The van der Waals surface area contributed by atoms with E-state index < -0.39 is 11.9 Å². The van der Waals surface area contributed by atoms with Crippen LogP contribution in [0.5, 0.6) is 0 Å². The molecule has 154 valence electrons. The van der Waals surface area contributed by atoms with E-state index in [0.717, 1.165) is 31.0 Å². The van der Waals surface area contributed by atoms with Crippen LogP contribution >= 0.6 is 11.6 Å². The van der Waals surface area contributed by atoms with Crippen molar-refractivity contribution in [1.29, 1.82) is 0 Å². The summed E-state index contributed by atoms with van der Waals surface area (Å²) >= 11 is 6.05. The first-order valence-electron chi connectivity index (χ1n) is 9.47. The molecule has 0 aromatic carbocycles. The first-order valence-corrected chi connectivity index (χ1v) is 9.84. The summed E-state index contributed by atoms with van der Waals surface area (Å²) in [6, 6.07) is 1.74. The van der Waals surface area contributed by atoms with Gasteiger partial charge in [0.2, 0.25) is 0 Å². The molecule has 2 atom stereocenters. The van der Waals surface area contributed by atoms with Crippen LogP contribution in [0.3, 0.4) is 0 Å². The van der Waals surface area contributed by atoms with E-state index in [1.807, 2.05) is 0 Å². The second kappa shape index (κ2) is 8.58. The normalized spacial score (nSPS) is 18.8. The number of likely N-dealkylation sites (tertiary alicyclic amines) is 1. The quantitative estimate of drug-likeness (QED) is 0.483. The fraction of sp³-hybridized carbons (Fsp3) is 0.421. The standard InChI is InChI=1S/C19H22ClFN6O2/c20-11-4-14-15(6-23-17(14)22-5-11)18-24-7-16(21)19(26-18)25-12-2-1-3-27(8-12)9-13(29)10-28/h4-7,12-13,28-29H,1-3,8-10H2,(H,22,23)(H,24,25,26). The van der Waals surface area contributed by atoms with E-state index in [1.54, 1.807) is 18.5 Å². The number of aliphatic hydroxyl groups excluding tert-OH is 2. The van der Waals surface area contributed by atoms with E-state index in [4.69, 9.17) is 16.7 Å². The van der Waals surface area contributed by atoms with Crippen molar-refractivity contribution in [2.24, 2.45) is 0 Å². The second-order valence-electron chi connectivity index (χ2n) is 7.22. The topological polar surface area (TPSA) is 110 Å². The smallest absolute Gasteiger partial charge is 0.183 e. The third-order valence-electron chi connectivity index (χ3n) is 5.01. The summed E-state index contributed by atoms with van der Waals surface area (Å²) in [4.78, 5) is 17.8. The Balaban J connectivity index is 1.55. The van der Waals surface area contributed by atoms with E-state index in [9.17, 15) is 9.50 Å². The summed E-state index contributed by atoms with van der Waals surface area (Å²) < 4.78 is 14.4. The highest BCUT2D eigenvalue weighted by molar-refractivity contribution is 6.31. The highest BCUT2D eigenvalue weighted by Gasteiger charge is 2.23. The Morgan fingerprint density at radius 3 is 3.07 bits per heavy atom. The van der Waals surface area contributed by atoms with Crippen LogP contribution in [0, 0.1) is 5.82 Å². The number of hydrogen-bond donors (Lipinski definition) is 4.